The van der Waals surface area contributed by atoms with E-state index in [2.05, 4.69) is 5.32 Å². The number of nitrogens with one attached hydrogen (secondary N) is 1. The van der Waals surface area contributed by atoms with Gasteiger partial charge in [-0.15, -0.1) is 0 Å². The monoisotopic (exact) mass is 599 g/mol. The van der Waals surface area contributed by atoms with Crippen LogP contribution in [0.2, 0.25) is 0 Å². The average molecular weight is 600 g/mol. The Morgan fingerprint density at radius 1 is 0.976 bits per heavy atom. The van der Waals surface area contributed by atoms with Crippen molar-refractivity contribution in [1.29, 1.82) is 0 Å². The first-order chi connectivity index (χ1) is 20.0. The summed E-state index contributed by atoms with van der Waals surface area (Å²) in [5.74, 6) is -1.10. The highest BCUT2D eigenvalue weighted by molar-refractivity contribution is 7.92. The maximum Gasteiger partial charge on any atom is 0.264 e. The van der Waals surface area contributed by atoms with E-state index in [1.165, 1.54) is 55.5 Å². The summed E-state index contributed by atoms with van der Waals surface area (Å²) in [6.07, 6.45) is 1.62. The molecule has 2 amide bonds. The van der Waals surface area contributed by atoms with Gasteiger partial charge in [-0.2, -0.15) is 0 Å². The predicted octanol–water partition coefficient (Wildman–Crippen LogP) is 4.68. The molecule has 0 unspecified atom stereocenters. The Morgan fingerprint density at radius 2 is 1.64 bits per heavy atom. The van der Waals surface area contributed by atoms with E-state index in [-0.39, 0.29) is 28.4 Å². The molecular formula is C31H38FN3O6S. The van der Waals surface area contributed by atoms with Crippen molar-refractivity contribution in [1.82, 2.24) is 10.2 Å². The molecule has 0 saturated heterocycles. The SMILES string of the molecule is CCCCNC(=O)[C@@H](C)N(Cc1ccccc1F)C(=O)CN(c1ccc(C)cc1)S(=O)(=O)c1ccc(OC)c(OC)c1. The fourth-order valence-corrected chi connectivity index (χ4v) is 5.70. The largest absolute Gasteiger partial charge is 0.493 e. The first-order valence-electron chi connectivity index (χ1n) is 13.7. The quantitative estimate of drug-likeness (QED) is 0.270. The standard InChI is InChI=1S/C31H38FN3O6S/c1-6-7-18-33-31(37)23(3)34(20-24-10-8-9-11-27(24)32)30(36)21-35(25-14-12-22(2)13-15-25)42(38,39)26-16-17-28(40-4)29(19-26)41-5/h8-17,19,23H,6-7,18,20-21H2,1-5H3,(H,33,37)/t23-/m1/s1. The number of ether oxygens (including phenoxy) is 2. The lowest BCUT2D eigenvalue weighted by Crippen LogP contribution is -2.51. The van der Waals surface area contributed by atoms with Crippen LogP contribution in [-0.2, 0) is 26.2 Å². The van der Waals surface area contributed by atoms with Crippen LogP contribution in [-0.4, -0.2) is 58.5 Å². The number of carbonyl (C=O) groups is 2. The van der Waals surface area contributed by atoms with Crippen molar-refractivity contribution < 1.29 is 31.9 Å². The zero-order valence-corrected chi connectivity index (χ0v) is 25.4. The Hall–Kier alpha value is -4.12. The van der Waals surface area contributed by atoms with Gasteiger partial charge in [0.25, 0.3) is 10.0 Å². The maximum absolute atomic E-state index is 14.7. The Labute approximate surface area is 247 Å². The van der Waals surface area contributed by atoms with Gasteiger partial charge in [-0.3, -0.25) is 13.9 Å². The number of unbranched alkanes of at least 4 members (excludes halogenated alkanes) is 1. The van der Waals surface area contributed by atoms with E-state index < -0.39 is 40.2 Å². The Bertz CT molecular complexity index is 1480. The topological polar surface area (TPSA) is 105 Å². The van der Waals surface area contributed by atoms with E-state index in [1.807, 2.05) is 13.8 Å². The van der Waals surface area contributed by atoms with Gasteiger partial charge in [-0.05, 0) is 50.6 Å². The summed E-state index contributed by atoms with van der Waals surface area (Å²) in [4.78, 5) is 28.1. The number of anilines is 1. The number of methoxy groups -OCH3 is 2. The molecule has 1 atom stereocenters. The van der Waals surface area contributed by atoms with E-state index in [4.69, 9.17) is 9.47 Å². The molecule has 0 aliphatic carbocycles. The molecule has 0 aliphatic rings. The zero-order chi connectivity index (χ0) is 30.9. The molecule has 0 spiro atoms. The van der Waals surface area contributed by atoms with Crippen molar-refractivity contribution in [3.8, 4) is 11.5 Å². The molecular weight excluding hydrogens is 561 g/mol. The number of hydrogen-bond donors (Lipinski definition) is 1. The van der Waals surface area contributed by atoms with E-state index in [1.54, 1.807) is 37.3 Å². The molecule has 0 radical (unpaired) electrons. The molecule has 0 fully saturated rings. The molecule has 226 valence electrons. The highest BCUT2D eigenvalue weighted by Crippen LogP contribution is 2.32. The zero-order valence-electron chi connectivity index (χ0n) is 24.6. The molecule has 0 heterocycles. The third-order valence-corrected chi connectivity index (χ3v) is 8.61. The van der Waals surface area contributed by atoms with Crippen LogP contribution in [0.3, 0.4) is 0 Å². The second kappa shape index (κ2) is 14.7. The van der Waals surface area contributed by atoms with Gasteiger partial charge in [0.05, 0.1) is 24.8 Å². The first-order valence-corrected chi connectivity index (χ1v) is 15.1. The van der Waals surface area contributed by atoms with E-state index in [9.17, 15) is 22.4 Å². The summed E-state index contributed by atoms with van der Waals surface area (Å²) in [6.45, 7) is 4.94. The van der Waals surface area contributed by atoms with Gasteiger partial charge in [-0.25, -0.2) is 12.8 Å². The third-order valence-electron chi connectivity index (χ3n) is 6.84. The number of rotatable bonds is 14. The minimum absolute atomic E-state index is 0.125. The van der Waals surface area contributed by atoms with Crippen LogP contribution in [0.25, 0.3) is 0 Å². The highest BCUT2D eigenvalue weighted by atomic mass is 32.2. The van der Waals surface area contributed by atoms with Gasteiger partial charge in [-0.1, -0.05) is 49.2 Å². The minimum atomic E-state index is -4.32. The lowest BCUT2D eigenvalue weighted by molar-refractivity contribution is -0.139. The molecule has 0 bridgehead atoms. The fraction of sp³-hybridized carbons (Fsp3) is 0.355. The van der Waals surface area contributed by atoms with Crippen molar-refractivity contribution in [2.45, 2.75) is 51.1 Å². The second-order valence-electron chi connectivity index (χ2n) is 9.80. The van der Waals surface area contributed by atoms with E-state index >= 15 is 0 Å². The lowest BCUT2D eigenvalue weighted by atomic mass is 10.1. The molecule has 0 aromatic heterocycles. The van der Waals surface area contributed by atoms with Gasteiger partial charge in [0.2, 0.25) is 11.8 Å². The fourth-order valence-electron chi connectivity index (χ4n) is 4.27. The van der Waals surface area contributed by atoms with Gasteiger partial charge >= 0.3 is 0 Å². The number of carbonyl (C=O) groups excluding carboxylic acids is 2. The maximum atomic E-state index is 14.7. The number of halogens is 1. The van der Waals surface area contributed by atoms with Crippen LogP contribution < -0.4 is 19.1 Å². The van der Waals surface area contributed by atoms with E-state index in [0.717, 1.165) is 22.7 Å². The van der Waals surface area contributed by atoms with Gasteiger partial charge in [0.1, 0.15) is 18.4 Å². The van der Waals surface area contributed by atoms with Crippen molar-refractivity contribution in [3.63, 3.8) is 0 Å². The van der Waals surface area contributed by atoms with Crippen LogP contribution in [0, 0.1) is 12.7 Å². The molecule has 42 heavy (non-hydrogen) atoms. The van der Waals surface area contributed by atoms with Crippen molar-refractivity contribution in [2.75, 3.05) is 31.6 Å². The molecule has 3 aromatic carbocycles. The first kappa shape index (κ1) is 32.4. The number of amides is 2. The van der Waals surface area contributed by atoms with Gasteiger partial charge in [0, 0.05) is 24.7 Å². The summed E-state index contributed by atoms with van der Waals surface area (Å²) >= 11 is 0. The van der Waals surface area contributed by atoms with E-state index in [0.29, 0.717) is 12.3 Å². The second-order valence-corrected chi connectivity index (χ2v) is 11.7. The number of benzene rings is 3. The minimum Gasteiger partial charge on any atom is -0.493 e. The Balaban J connectivity index is 2.05. The van der Waals surface area contributed by atoms with Gasteiger partial charge < -0.3 is 19.7 Å². The van der Waals surface area contributed by atoms with Crippen LogP contribution in [0.15, 0.2) is 71.6 Å². The predicted molar refractivity (Wildman–Crippen MR) is 160 cm³/mol. The summed E-state index contributed by atoms with van der Waals surface area (Å²) in [5, 5.41) is 2.81. The summed E-state index contributed by atoms with van der Waals surface area (Å²) in [6, 6.07) is 15.8. The lowest BCUT2D eigenvalue weighted by Gasteiger charge is -2.32. The van der Waals surface area contributed by atoms with Crippen LogP contribution in [0.4, 0.5) is 10.1 Å². The number of sulfonamides is 1. The normalized spacial score (nSPS) is 11.9. The van der Waals surface area contributed by atoms with Crippen molar-refractivity contribution in [2.24, 2.45) is 0 Å². The smallest absolute Gasteiger partial charge is 0.264 e. The molecule has 11 heteroatoms. The number of nitrogens with zero attached hydrogens (tertiary/aromatic N) is 2. The van der Waals surface area contributed by atoms with Crippen LogP contribution in [0.5, 0.6) is 11.5 Å². The molecule has 3 aromatic rings. The van der Waals surface area contributed by atoms with Crippen molar-refractivity contribution >= 4 is 27.5 Å². The Morgan fingerprint density at radius 3 is 2.26 bits per heavy atom. The molecule has 3 rings (SSSR count). The number of hydrogen-bond acceptors (Lipinski definition) is 6. The van der Waals surface area contributed by atoms with Crippen LogP contribution >= 0.6 is 0 Å². The average Bonchev–Trinajstić information content (AvgIpc) is 2.99. The highest BCUT2D eigenvalue weighted by Gasteiger charge is 2.33. The molecule has 0 saturated carbocycles. The summed E-state index contributed by atoms with van der Waals surface area (Å²) in [7, 11) is -1.49. The summed E-state index contributed by atoms with van der Waals surface area (Å²) < 4.78 is 54.3. The molecule has 9 nitrogen and oxygen atoms in total. The Kier molecular flexibility index (Phi) is 11.3. The molecule has 0 aliphatic heterocycles. The van der Waals surface area contributed by atoms with Crippen LogP contribution in [0.1, 0.15) is 37.8 Å². The summed E-state index contributed by atoms with van der Waals surface area (Å²) in [5.41, 5.74) is 1.34. The number of aryl methyl sites for hydroxylation is 1. The molecule has 1 N–H and O–H groups in total. The van der Waals surface area contributed by atoms with Gasteiger partial charge in [0.15, 0.2) is 11.5 Å². The third kappa shape index (κ3) is 7.79. The van der Waals surface area contributed by atoms with Crippen molar-refractivity contribution in [3.05, 3.63) is 83.7 Å².